The van der Waals surface area contributed by atoms with Crippen LogP contribution in [0.2, 0.25) is 0 Å². The molecule has 3 aromatic rings. The molecule has 0 bridgehead atoms. The lowest BCUT2D eigenvalue weighted by Gasteiger charge is -1.99. The Kier molecular flexibility index (Phi) is 2.70. The number of aromatic amines is 1. The number of aromatic nitrogens is 1. The molecule has 5 heteroatoms. The van der Waals surface area contributed by atoms with E-state index in [-0.39, 0.29) is 5.69 Å². The van der Waals surface area contributed by atoms with Gasteiger partial charge in [0.15, 0.2) is 0 Å². The fourth-order valence-corrected chi connectivity index (χ4v) is 2.19. The van der Waals surface area contributed by atoms with Crippen molar-refractivity contribution in [3.8, 4) is 17.2 Å². The number of hydrogen-bond acceptors (Lipinski definition) is 3. The van der Waals surface area contributed by atoms with Crippen LogP contribution in [0.15, 0.2) is 48.7 Å². The molecule has 1 heterocycles. The number of nitrogens with one attached hydrogen (secondary N) is 1. The maximum absolute atomic E-state index is 10.8. The summed E-state index contributed by atoms with van der Waals surface area (Å²) >= 11 is 0. The number of nitro groups is 1. The van der Waals surface area contributed by atoms with Crippen molar-refractivity contribution in [2.45, 2.75) is 0 Å². The van der Waals surface area contributed by atoms with Gasteiger partial charge in [-0.05, 0) is 23.8 Å². The molecule has 0 fully saturated rings. The molecule has 1 aromatic heterocycles. The number of rotatable bonds is 2. The molecule has 0 saturated heterocycles. The average Bonchev–Trinajstić information content (AvgIpc) is 2.90. The Labute approximate surface area is 114 Å². The van der Waals surface area contributed by atoms with E-state index in [1.165, 1.54) is 12.1 Å². The van der Waals surface area contributed by atoms with Crippen molar-refractivity contribution in [1.82, 2.24) is 4.98 Å². The normalized spacial score (nSPS) is 10.3. The lowest BCUT2D eigenvalue weighted by Crippen LogP contribution is -1.86. The van der Waals surface area contributed by atoms with E-state index in [4.69, 9.17) is 5.26 Å². The van der Waals surface area contributed by atoms with Crippen molar-refractivity contribution in [2.75, 3.05) is 0 Å². The van der Waals surface area contributed by atoms with Gasteiger partial charge in [0.1, 0.15) is 0 Å². The zero-order valence-corrected chi connectivity index (χ0v) is 10.3. The maximum Gasteiger partial charge on any atom is 0.271 e. The number of nitro benzene ring substituents is 1. The molecule has 0 atom stereocenters. The second-order valence-electron chi connectivity index (χ2n) is 4.38. The van der Waals surface area contributed by atoms with Crippen molar-refractivity contribution >= 4 is 16.6 Å². The third-order valence-corrected chi connectivity index (χ3v) is 3.20. The highest BCUT2D eigenvalue weighted by molar-refractivity contribution is 5.96. The van der Waals surface area contributed by atoms with Gasteiger partial charge < -0.3 is 4.98 Å². The Morgan fingerprint density at radius 1 is 1.15 bits per heavy atom. The van der Waals surface area contributed by atoms with Gasteiger partial charge in [0.05, 0.1) is 22.1 Å². The fraction of sp³-hybridized carbons (Fsp3) is 0. The van der Waals surface area contributed by atoms with Crippen molar-refractivity contribution in [1.29, 1.82) is 5.26 Å². The van der Waals surface area contributed by atoms with Gasteiger partial charge in [0.2, 0.25) is 0 Å². The molecule has 0 aliphatic heterocycles. The van der Waals surface area contributed by atoms with Crippen LogP contribution in [-0.2, 0) is 0 Å². The minimum Gasteiger partial charge on any atom is -0.360 e. The number of benzene rings is 2. The molecule has 0 unspecified atom stereocenters. The van der Waals surface area contributed by atoms with E-state index < -0.39 is 4.92 Å². The number of hydrogen-bond donors (Lipinski definition) is 1. The highest BCUT2D eigenvalue weighted by Gasteiger charge is 2.11. The first-order valence-electron chi connectivity index (χ1n) is 5.95. The number of non-ortho nitro benzene ring substituents is 1. The highest BCUT2D eigenvalue weighted by atomic mass is 16.6. The third kappa shape index (κ3) is 1.89. The second kappa shape index (κ2) is 4.52. The summed E-state index contributed by atoms with van der Waals surface area (Å²) in [6.45, 7) is 0. The van der Waals surface area contributed by atoms with Crippen molar-refractivity contribution in [3.05, 3.63) is 64.3 Å². The molecular formula is C15H9N3O2. The Bertz CT molecular complexity index is 842. The van der Waals surface area contributed by atoms with Crippen LogP contribution in [0.5, 0.6) is 0 Å². The summed E-state index contributed by atoms with van der Waals surface area (Å²) in [6.07, 6.45) is 1.82. The minimum absolute atomic E-state index is 0.0609. The lowest BCUT2D eigenvalue weighted by molar-refractivity contribution is -0.384. The van der Waals surface area contributed by atoms with E-state index in [9.17, 15) is 10.1 Å². The number of nitrogens with zero attached hydrogens (tertiary/aromatic N) is 2. The van der Waals surface area contributed by atoms with Crippen molar-refractivity contribution < 1.29 is 4.92 Å². The van der Waals surface area contributed by atoms with Gasteiger partial charge in [0.25, 0.3) is 5.69 Å². The summed E-state index contributed by atoms with van der Waals surface area (Å²) in [6, 6.07) is 14.0. The predicted octanol–water partition coefficient (Wildman–Crippen LogP) is 3.61. The second-order valence-corrected chi connectivity index (χ2v) is 4.38. The number of H-pyrrole nitrogens is 1. The van der Waals surface area contributed by atoms with Crippen LogP contribution >= 0.6 is 0 Å². The van der Waals surface area contributed by atoms with E-state index in [1.807, 2.05) is 18.3 Å². The first-order valence-corrected chi connectivity index (χ1v) is 5.95. The van der Waals surface area contributed by atoms with Gasteiger partial charge in [-0.25, -0.2) is 0 Å². The van der Waals surface area contributed by atoms with Gasteiger partial charge >= 0.3 is 0 Å². The Balaban J connectivity index is 2.12. The molecule has 2 aromatic carbocycles. The first-order chi connectivity index (χ1) is 9.69. The van der Waals surface area contributed by atoms with Gasteiger partial charge in [0, 0.05) is 29.3 Å². The molecule has 0 spiro atoms. The van der Waals surface area contributed by atoms with E-state index in [0.29, 0.717) is 5.56 Å². The third-order valence-electron chi connectivity index (χ3n) is 3.20. The molecule has 5 nitrogen and oxygen atoms in total. The molecule has 0 aliphatic rings. The Hall–Kier alpha value is -3.13. The Morgan fingerprint density at radius 2 is 1.90 bits per heavy atom. The van der Waals surface area contributed by atoms with Crippen LogP contribution in [-0.4, -0.2) is 9.91 Å². The molecule has 0 saturated carbocycles. The maximum atomic E-state index is 10.8. The quantitative estimate of drug-likeness (QED) is 0.566. The topological polar surface area (TPSA) is 82.7 Å². The van der Waals surface area contributed by atoms with Crippen LogP contribution < -0.4 is 0 Å². The Morgan fingerprint density at radius 3 is 2.55 bits per heavy atom. The van der Waals surface area contributed by atoms with Gasteiger partial charge in [-0.3, -0.25) is 10.1 Å². The van der Waals surface area contributed by atoms with Crippen LogP contribution in [0, 0.1) is 21.4 Å². The van der Waals surface area contributed by atoms with E-state index in [0.717, 1.165) is 22.0 Å². The lowest BCUT2D eigenvalue weighted by atomic mass is 10.0. The summed E-state index contributed by atoms with van der Waals surface area (Å²) in [5.74, 6) is 0. The minimum atomic E-state index is -0.415. The van der Waals surface area contributed by atoms with Crippen LogP contribution in [0.3, 0.4) is 0 Å². The summed E-state index contributed by atoms with van der Waals surface area (Å²) in [4.78, 5) is 13.4. The summed E-state index contributed by atoms with van der Waals surface area (Å²) in [5, 5.41) is 20.5. The molecule has 0 amide bonds. The molecule has 3 rings (SSSR count). The van der Waals surface area contributed by atoms with Crippen LogP contribution in [0.25, 0.3) is 22.0 Å². The van der Waals surface area contributed by atoms with Gasteiger partial charge in [-0.2, -0.15) is 5.26 Å². The monoisotopic (exact) mass is 263 g/mol. The van der Waals surface area contributed by atoms with Crippen LogP contribution in [0.4, 0.5) is 5.69 Å². The zero-order chi connectivity index (χ0) is 14.1. The predicted molar refractivity (Wildman–Crippen MR) is 75.1 cm³/mol. The SMILES string of the molecule is N#Cc1ccc(-c2c[nH]c3cc([N+](=O)[O-])ccc23)cc1. The molecular weight excluding hydrogens is 254 g/mol. The first kappa shape index (κ1) is 11.9. The van der Waals surface area contributed by atoms with Gasteiger partial charge in [-0.1, -0.05) is 12.1 Å². The van der Waals surface area contributed by atoms with Crippen LogP contribution in [0.1, 0.15) is 5.56 Å². The largest absolute Gasteiger partial charge is 0.360 e. The molecule has 96 valence electrons. The summed E-state index contributed by atoms with van der Waals surface area (Å²) in [5.41, 5.74) is 3.30. The highest BCUT2D eigenvalue weighted by Crippen LogP contribution is 2.30. The summed E-state index contributed by atoms with van der Waals surface area (Å²) < 4.78 is 0. The summed E-state index contributed by atoms with van der Waals surface area (Å²) in [7, 11) is 0. The molecule has 20 heavy (non-hydrogen) atoms. The van der Waals surface area contributed by atoms with Crippen molar-refractivity contribution in [2.24, 2.45) is 0 Å². The standard InChI is InChI=1S/C15H9N3O2/c16-8-10-1-3-11(4-2-10)14-9-17-15-7-12(18(19)20)5-6-13(14)15/h1-7,9,17H. The van der Waals surface area contributed by atoms with Gasteiger partial charge in [-0.15, -0.1) is 0 Å². The zero-order valence-electron chi connectivity index (χ0n) is 10.3. The molecule has 0 radical (unpaired) electrons. The number of nitriles is 1. The van der Waals surface area contributed by atoms with E-state index >= 15 is 0 Å². The van der Waals surface area contributed by atoms with E-state index in [2.05, 4.69) is 11.1 Å². The smallest absolute Gasteiger partial charge is 0.271 e. The average molecular weight is 263 g/mol. The van der Waals surface area contributed by atoms with E-state index in [1.54, 1.807) is 18.2 Å². The number of fused-ring (bicyclic) bond motifs is 1. The molecule has 1 N–H and O–H groups in total. The fourth-order valence-electron chi connectivity index (χ4n) is 2.19. The van der Waals surface area contributed by atoms with Crippen molar-refractivity contribution in [3.63, 3.8) is 0 Å². The molecule has 0 aliphatic carbocycles.